The van der Waals surface area contributed by atoms with Gasteiger partial charge in [0.1, 0.15) is 11.1 Å². The molecule has 0 aromatic carbocycles. The molecule has 0 amide bonds. The minimum absolute atomic E-state index is 0.0488. The summed E-state index contributed by atoms with van der Waals surface area (Å²) in [5.74, 6) is 0. The summed E-state index contributed by atoms with van der Waals surface area (Å²) in [6.07, 6.45) is 2.04. The number of methoxy groups -OCH3 is 1. The summed E-state index contributed by atoms with van der Waals surface area (Å²) in [5, 5.41) is 11.8. The van der Waals surface area contributed by atoms with Crippen molar-refractivity contribution in [2.75, 3.05) is 7.11 Å². The van der Waals surface area contributed by atoms with Gasteiger partial charge in [0.25, 0.3) is 0 Å². The normalized spacial score (nSPS) is 12.7. The van der Waals surface area contributed by atoms with Gasteiger partial charge >= 0.3 is 0 Å². The Morgan fingerprint density at radius 2 is 2.25 bits per heavy atom. The highest BCUT2D eigenvalue weighted by Crippen LogP contribution is 2.22. The van der Waals surface area contributed by atoms with Crippen molar-refractivity contribution in [1.29, 1.82) is 0 Å². The van der Waals surface area contributed by atoms with Crippen molar-refractivity contribution >= 4 is 22.7 Å². The molecule has 3 aromatic heterocycles. The third-order valence-electron chi connectivity index (χ3n) is 3.05. The third-order valence-corrected chi connectivity index (χ3v) is 4.79. The SMILES string of the molecule is COC(C)c1nc(Cn2ccc(-c3ccsc3)n2)cs1. The van der Waals surface area contributed by atoms with Crippen LogP contribution in [-0.2, 0) is 11.3 Å². The molecule has 0 spiro atoms. The van der Waals surface area contributed by atoms with Crippen molar-refractivity contribution in [2.45, 2.75) is 19.6 Å². The lowest BCUT2D eigenvalue weighted by atomic mass is 10.2. The first-order valence-electron chi connectivity index (χ1n) is 6.29. The lowest BCUT2D eigenvalue weighted by Gasteiger charge is -2.03. The number of thiophene rings is 1. The molecule has 0 saturated carbocycles. The van der Waals surface area contributed by atoms with Crippen molar-refractivity contribution in [3.05, 3.63) is 45.2 Å². The fraction of sp³-hybridized carbons (Fsp3) is 0.286. The molecule has 6 heteroatoms. The van der Waals surface area contributed by atoms with Crippen LogP contribution in [0, 0.1) is 0 Å². The maximum atomic E-state index is 5.28. The molecule has 3 aromatic rings. The monoisotopic (exact) mass is 305 g/mol. The van der Waals surface area contributed by atoms with Gasteiger partial charge < -0.3 is 4.74 Å². The van der Waals surface area contributed by atoms with Crippen LogP contribution in [0.15, 0.2) is 34.5 Å². The molecule has 1 atom stereocenters. The predicted octanol–water partition coefficient (Wildman–Crippen LogP) is 3.82. The van der Waals surface area contributed by atoms with Gasteiger partial charge in [-0.25, -0.2) is 4.98 Å². The Labute approximate surface area is 125 Å². The van der Waals surface area contributed by atoms with E-state index in [0.717, 1.165) is 16.4 Å². The van der Waals surface area contributed by atoms with Gasteiger partial charge in [-0.2, -0.15) is 16.4 Å². The molecule has 0 radical (unpaired) electrons. The Bertz CT molecular complexity index is 672. The average Bonchev–Trinajstić information content (AvgIpc) is 3.19. The Morgan fingerprint density at radius 1 is 1.35 bits per heavy atom. The molecule has 0 N–H and O–H groups in total. The summed E-state index contributed by atoms with van der Waals surface area (Å²) >= 11 is 3.31. The number of hydrogen-bond donors (Lipinski definition) is 0. The van der Waals surface area contributed by atoms with Gasteiger partial charge in [0.2, 0.25) is 0 Å². The zero-order chi connectivity index (χ0) is 13.9. The summed E-state index contributed by atoms with van der Waals surface area (Å²) in [6, 6.07) is 4.12. The maximum Gasteiger partial charge on any atom is 0.122 e. The first kappa shape index (κ1) is 13.5. The number of nitrogens with zero attached hydrogens (tertiary/aromatic N) is 3. The summed E-state index contributed by atoms with van der Waals surface area (Å²) in [7, 11) is 1.70. The smallest absolute Gasteiger partial charge is 0.122 e. The zero-order valence-corrected chi connectivity index (χ0v) is 12.9. The second kappa shape index (κ2) is 5.87. The van der Waals surface area contributed by atoms with Crippen LogP contribution in [0.5, 0.6) is 0 Å². The van der Waals surface area contributed by atoms with Gasteiger partial charge in [-0.15, -0.1) is 11.3 Å². The van der Waals surface area contributed by atoms with E-state index < -0.39 is 0 Å². The Kier molecular flexibility index (Phi) is 3.95. The van der Waals surface area contributed by atoms with E-state index in [0.29, 0.717) is 6.54 Å². The van der Waals surface area contributed by atoms with Gasteiger partial charge in [-0.05, 0) is 24.4 Å². The first-order chi connectivity index (χ1) is 9.76. The second-order valence-corrected chi connectivity index (χ2v) is 6.14. The first-order valence-corrected chi connectivity index (χ1v) is 8.11. The average molecular weight is 305 g/mol. The van der Waals surface area contributed by atoms with Crippen LogP contribution in [0.4, 0.5) is 0 Å². The second-order valence-electron chi connectivity index (χ2n) is 4.47. The molecule has 0 bridgehead atoms. The molecule has 104 valence electrons. The predicted molar refractivity (Wildman–Crippen MR) is 82.2 cm³/mol. The molecule has 3 rings (SSSR count). The quantitative estimate of drug-likeness (QED) is 0.719. The van der Waals surface area contributed by atoms with E-state index in [1.54, 1.807) is 29.8 Å². The van der Waals surface area contributed by atoms with Crippen LogP contribution in [0.3, 0.4) is 0 Å². The summed E-state index contributed by atoms with van der Waals surface area (Å²) in [4.78, 5) is 4.58. The standard InChI is InChI=1S/C14H15N3OS2/c1-10(18-2)14-15-12(9-20-14)7-17-5-3-13(16-17)11-4-6-19-8-11/h3-6,8-10H,7H2,1-2H3. The van der Waals surface area contributed by atoms with Crippen LogP contribution >= 0.6 is 22.7 Å². The fourth-order valence-electron chi connectivity index (χ4n) is 1.86. The highest BCUT2D eigenvalue weighted by Gasteiger charge is 2.10. The number of rotatable bonds is 5. The molecule has 3 heterocycles. The maximum absolute atomic E-state index is 5.28. The molecule has 0 aliphatic carbocycles. The minimum Gasteiger partial charge on any atom is -0.375 e. The molecular weight excluding hydrogens is 290 g/mol. The molecule has 0 saturated heterocycles. The van der Waals surface area contributed by atoms with E-state index in [4.69, 9.17) is 4.74 Å². The molecular formula is C14H15N3OS2. The van der Waals surface area contributed by atoms with Crippen LogP contribution in [0.2, 0.25) is 0 Å². The Hall–Kier alpha value is -1.50. The van der Waals surface area contributed by atoms with Crippen molar-refractivity contribution in [2.24, 2.45) is 0 Å². The van der Waals surface area contributed by atoms with Gasteiger partial charge in [0.15, 0.2) is 0 Å². The molecule has 0 aliphatic heterocycles. The van der Waals surface area contributed by atoms with Gasteiger partial charge in [-0.3, -0.25) is 4.68 Å². The minimum atomic E-state index is 0.0488. The Morgan fingerprint density at radius 3 is 3.00 bits per heavy atom. The number of ether oxygens (including phenoxy) is 1. The molecule has 20 heavy (non-hydrogen) atoms. The van der Waals surface area contributed by atoms with Gasteiger partial charge in [0.05, 0.1) is 17.9 Å². The van der Waals surface area contributed by atoms with E-state index >= 15 is 0 Å². The zero-order valence-electron chi connectivity index (χ0n) is 11.3. The number of hydrogen-bond acceptors (Lipinski definition) is 5. The summed E-state index contributed by atoms with van der Waals surface area (Å²) in [6.45, 7) is 2.70. The van der Waals surface area contributed by atoms with Crippen molar-refractivity contribution < 1.29 is 4.74 Å². The van der Waals surface area contributed by atoms with Crippen LogP contribution < -0.4 is 0 Å². The van der Waals surface area contributed by atoms with Gasteiger partial charge in [-0.1, -0.05) is 0 Å². The van der Waals surface area contributed by atoms with E-state index in [-0.39, 0.29) is 6.10 Å². The molecule has 4 nitrogen and oxygen atoms in total. The van der Waals surface area contributed by atoms with E-state index in [1.165, 1.54) is 5.56 Å². The molecule has 0 fully saturated rings. The number of thiazole rings is 1. The van der Waals surface area contributed by atoms with E-state index in [2.05, 4.69) is 32.3 Å². The highest BCUT2D eigenvalue weighted by molar-refractivity contribution is 7.09. The van der Waals surface area contributed by atoms with Crippen molar-refractivity contribution in [3.63, 3.8) is 0 Å². The third kappa shape index (κ3) is 2.82. The van der Waals surface area contributed by atoms with Crippen LogP contribution in [0.25, 0.3) is 11.3 Å². The largest absolute Gasteiger partial charge is 0.375 e. The topological polar surface area (TPSA) is 39.9 Å². The number of aromatic nitrogens is 3. The Balaban J connectivity index is 1.73. The molecule has 1 unspecified atom stereocenters. The fourth-order valence-corrected chi connectivity index (χ4v) is 3.35. The summed E-state index contributed by atoms with van der Waals surface area (Å²) in [5.41, 5.74) is 3.20. The van der Waals surface area contributed by atoms with E-state index in [9.17, 15) is 0 Å². The van der Waals surface area contributed by atoms with Crippen LogP contribution in [-0.4, -0.2) is 21.9 Å². The lowest BCUT2D eigenvalue weighted by molar-refractivity contribution is 0.119. The van der Waals surface area contributed by atoms with Crippen LogP contribution in [0.1, 0.15) is 23.7 Å². The van der Waals surface area contributed by atoms with Crippen molar-refractivity contribution in [1.82, 2.24) is 14.8 Å². The lowest BCUT2D eigenvalue weighted by Crippen LogP contribution is -2.02. The molecule has 0 aliphatic rings. The van der Waals surface area contributed by atoms with E-state index in [1.807, 2.05) is 23.9 Å². The highest BCUT2D eigenvalue weighted by atomic mass is 32.1. The van der Waals surface area contributed by atoms with Crippen molar-refractivity contribution in [3.8, 4) is 11.3 Å². The summed E-state index contributed by atoms with van der Waals surface area (Å²) < 4.78 is 7.20. The van der Waals surface area contributed by atoms with Gasteiger partial charge in [0, 0.05) is 29.6 Å².